The van der Waals surface area contributed by atoms with Gasteiger partial charge in [0.25, 0.3) is 0 Å². The molecular formula is C19H20N2O4. The van der Waals surface area contributed by atoms with Gasteiger partial charge in [-0.25, -0.2) is 0 Å². The molecule has 0 bridgehead atoms. The molecule has 0 radical (unpaired) electrons. The molecule has 3 rings (SSSR count). The molecule has 0 saturated carbocycles. The molecule has 1 heterocycles. The monoisotopic (exact) mass is 340 g/mol. The lowest BCUT2D eigenvalue weighted by molar-refractivity contribution is -0.120. The number of nitrogens with one attached hydrogen (secondary N) is 1. The van der Waals surface area contributed by atoms with Crippen LogP contribution in [0.4, 0.5) is 11.4 Å². The van der Waals surface area contributed by atoms with E-state index in [1.54, 1.807) is 30.2 Å². The third-order valence-corrected chi connectivity index (χ3v) is 4.21. The molecule has 1 fully saturated rings. The van der Waals surface area contributed by atoms with Gasteiger partial charge in [0.15, 0.2) is 0 Å². The summed E-state index contributed by atoms with van der Waals surface area (Å²) in [5, 5.41) is 2.86. The van der Waals surface area contributed by atoms with Gasteiger partial charge in [-0.05, 0) is 30.7 Å². The predicted molar refractivity (Wildman–Crippen MR) is 95.1 cm³/mol. The molecular weight excluding hydrogens is 320 g/mol. The number of nitrogens with zero attached hydrogens (tertiary/aromatic N) is 1. The highest BCUT2D eigenvalue weighted by atomic mass is 16.5. The number of hydrogen-bond donors (Lipinski definition) is 1. The summed E-state index contributed by atoms with van der Waals surface area (Å²) in [6.45, 7) is 0. The standard InChI is InChI=1S/C19H20N2O4/c1-24-14-8-10-17(25-2)15(12-14)20-19(23)16-9-11-18(22)21(16)13-6-4-3-5-7-13/h3-8,10,12,16H,9,11H2,1-2H3,(H,20,23). The first-order valence-electron chi connectivity index (χ1n) is 8.04. The quantitative estimate of drug-likeness (QED) is 0.909. The molecule has 6 heteroatoms. The van der Waals surface area contributed by atoms with Crippen molar-refractivity contribution in [2.45, 2.75) is 18.9 Å². The highest BCUT2D eigenvalue weighted by Gasteiger charge is 2.37. The van der Waals surface area contributed by atoms with Crippen molar-refractivity contribution in [3.05, 3.63) is 48.5 Å². The van der Waals surface area contributed by atoms with E-state index >= 15 is 0 Å². The smallest absolute Gasteiger partial charge is 0.247 e. The minimum absolute atomic E-state index is 0.0519. The fourth-order valence-corrected chi connectivity index (χ4v) is 2.97. The van der Waals surface area contributed by atoms with Crippen LogP contribution in [0.3, 0.4) is 0 Å². The highest BCUT2D eigenvalue weighted by Crippen LogP contribution is 2.31. The Morgan fingerprint density at radius 3 is 2.56 bits per heavy atom. The predicted octanol–water partition coefficient (Wildman–Crippen LogP) is 2.84. The Bertz CT molecular complexity index is 776. The maximum atomic E-state index is 12.8. The van der Waals surface area contributed by atoms with Crippen LogP contribution in [0.5, 0.6) is 11.5 Å². The first-order chi connectivity index (χ1) is 12.1. The average molecular weight is 340 g/mol. The number of rotatable bonds is 5. The molecule has 1 unspecified atom stereocenters. The van der Waals surface area contributed by atoms with Crippen LogP contribution in [0.1, 0.15) is 12.8 Å². The van der Waals surface area contributed by atoms with Gasteiger partial charge >= 0.3 is 0 Å². The van der Waals surface area contributed by atoms with Crippen molar-refractivity contribution in [1.82, 2.24) is 0 Å². The Kier molecular flexibility index (Phi) is 4.88. The molecule has 1 atom stereocenters. The number of ether oxygens (including phenoxy) is 2. The Balaban J connectivity index is 1.84. The van der Waals surface area contributed by atoms with E-state index in [-0.39, 0.29) is 11.8 Å². The molecule has 0 spiro atoms. The Morgan fingerprint density at radius 1 is 1.12 bits per heavy atom. The van der Waals surface area contributed by atoms with Gasteiger partial charge in [-0.1, -0.05) is 18.2 Å². The molecule has 1 N–H and O–H groups in total. The minimum Gasteiger partial charge on any atom is -0.497 e. The normalized spacial score (nSPS) is 16.6. The van der Waals surface area contributed by atoms with Gasteiger partial charge in [-0.3, -0.25) is 14.5 Å². The van der Waals surface area contributed by atoms with Crippen LogP contribution >= 0.6 is 0 Å². The topological polar surface area (TPSA) is 67.9 Å². The lowest BCUT2D eigenvalue weighted by atomic mass is 10.1. The molecule has 1 saturated heterocycles. The zero-order valence-electron chi connectivity index (χ0n) is 14.2. The van der Waals surface area contributed by atoms with E-state index in [1.165, 1.54) is 7.11 Å². The van der Waals surface area contributed by atoms with Crippen molar-refractivity contribution in [1.29, 1.82) is 0 Å². The van der Waals surface area contributed by atoms with Crippen molar-refractivity contribution in [2.24, 2.45) is 0 Å². The summed E-state index contributed by atoms with van der Waals surface area (Å²) in [4.78, 5) is 26.6. The number of amides is 2. The van der Waals surface area contributed by atoms with E-state index in [0.29, 0.717) is 30.0 Å². The van der Waals surface area contributed by atoms with Crippen LogP contribution in [0.2, 0.25) is 0 Å². The molecule has 130 valence electrons. The lowest BCUT2D eigenvalue weighted by Gasteiger charge is -2.24. The second-order valence-corrected chi connectivity index (χ2v) is 5.71. The third kappa shape index (κ3) is 3.42. The number of para-hydroxylation sites is 1. The Labute approximate surface area is 146 Å². The molecule has 1 aliphatic rings. The minimum atomic E-state index is -0.550. The summed E-state index contributed by atoms with van der Waals surface area (Å²) in [7, 11) is 3.09. The van der Waals surface area contributed by atoms with Gasteiger partial charge in [-0.2, -0.15) is 0 Å². The number of carbonyl (C=O) groups is 2. The number of carbonyl (C=O) groups excluding carboxylic acids is 2. The molecule has 6 nitrogen and oxygen atoms in total. The first-order valence-corrected chi connectivity index (χ1v) is 8.04. The van der Waals surface area contributed by atoms with Gasteiger partial charge in [-0.15, -0.1) is 0 Å². The number of benzene rings is 2. The van der Waals surface area contributed by atoms with Crippen molar-refractivity contribution >= 4 is 23.2 Å². The molecule has 0 aliphatic carbocycles. The fourth-order valence-electron chi connectivity index (χ4n) is 2.97. The molecule has 2 aromatic rings. The Hall–Kier alpha value is -3.02. The van der Waals surface area contributed by atoms with E-state index in [0.717, 1.165) is 5.69 Å². The SMILES string of the molecule is COc1ccc(OC)c(NC(=O)C2CCC(=O)N2c2ccccc2)c1. The lowest BCUT2D eigenvalue weighted by Crippen LogP contribution is -2.41. The van der Waals surface area contributed by atoms with Crippen LogP contribution < -0.4 is 19.7 Å². The van der Waals surface area contributed by atoms with Crippen molar-refractivity contribution in [2.75, 3.05) is 24.4 Å². The summed E-state index contributed by atoms with van der Waals surface area (Å²) in [6, 6.07) is 13.9. The van der Waals surface area contributed by atoms with E-state index in [1.807, 2.05) is 30.3 Å². The van der Waals surface area contributed by atoms with Crippen molar-refractivity contribution in [3.63, 3.8) is 0 Å². The van der Waals surface area contributed by atoms with Gasteiger partial charge in [0.1, 0.15) is 17.5 Å². The van der Waals surface area contributed by atoms with Crippen LogP contribution in [0.15, 0.2) is 48.5 Å². The number of hydrogen-bond acceptors (Lipinski definition) is 4. The zero-order chi connectivity index (χ0) is 17.8. The zero-order valence-corrected chi connectivity index (χ0v) is 14.2. The largest absolute Gasteiger partial charge is 0.497 e. The van der Waals surface area contributed by atoms with Gasteiger partial charge in [0.05, 0.1) is 19.9 Å². The highest BCUT2D eigenvalue weighted by molar-refractivity contribution is 6.08. The van der Waals surface area contributed by atoms with E-state index in [2.05, 4.69) is 5.32 Å². The summed E-state index contributed by atoms with van der Waals surface area (Å²) < 4.78 is 10.5. The third-order valence-electron chi connectivity index (χ3n) is 4.21. The fraction of sp³-hybridized carbons (Fsp3) is 0.263. The molecule has 1 aliphatic heterocycles. The molecule has 2 aromatic carbocycles. The van der Waals surface area contributed by atoms with E-state index in [9.17, 15) is 9.59 Å². The second kappa shape index (κ2) is 7.25. The molecule has 0 aromatic heterocycles. The van der Waals surface area contributed by atoms with Gasteiger partial charge in [0, 0.05) is 18.2 Å². The number of methoxy groups -OCH3 is 2. The summed E-state index contributed by atoms with van der Waals surface area (Å²) in [5.41, 5.74) is 1.24. The molecule has 2 amide bonds. The van der Waals surface area contributed by atoms with Crippen LogP contribution in [0.25, 0.3) is 0 Å². The Morgan fingerprint density at radius 2 is 1.88 bits per heavy atom. The summed E-state index contributed by atoms with van der Waals surface area (Å²) >= 11 is 0. The van der Waals surface area contributed by atoms with Crippen LogP contribution in [-0.4, -0.2) is 32.1 Å². The van der Waals surface area contributed by atoms with E-state index < -0.39 is 6.04 Å². The average Bonchev–Trinajstić information content (AvgIpc) is 3.04. The van der Waals surface area contributed by atoms with E-state index in [4.69, 9.17) is 9.47 Å². The summed E-state index contributed by atoms with van der Waals surface area (Å²) in [5.74, 6) is 0.841. The van der Waals surface area contributed by atoms with Crippen LogP contribution in [0, 0.1) is 0 Å². The maximum absolute atomic E-state index is 12.8. The maximum Gasteiger partial charge on any atom is 0.247 e. The van der Waals surface area contributed by atoms with Gasteiger partial charge in [0.2, 0.25) is 11.8 Å². The van der Waals surface area contributed by atoms with Crippen molar-refractivity contribution < 1.29 is 19.1 Å². The first kappa shape index (κ1) is 16.8. The molecule has 25 heavy (non-hydrogen) atoms. The number of anilines is 2. The second-order valence-electron chi connectivity index (χ2n) is 5.71. The van der Waals surface area contributed by atoms with Gasteiger partial charge < -0.3 is 14.8 Å². The van der Waals surface area contributed by atoms with Crippen molar-refractivity contribution in [3.8, 4) is 11.5 Å². The van der Waals surface area contributed by atoms with Crippen LogP contribution in [-0.2, 0) is 9.59 Å². The summed E-state index contributed by atoms with van der Waals surface area (Å²) in [6.07, 6.45) is 0.827.